The molecule has 0 spiro atoms. The lowest BCUT2D eigenvalue weighted by Gasteiger charge is -2.15. The molecule has 1 heterocycles. The molecule has 1 rings (SSSR count). The molecule has 72 valence electrons. The number of esters is 1. The van der Waals surface area contributed by atoms with E-state index in [2.05, 4.69) is 0 Å². The van der Waals surface area contributed by atoms with Gasteiger partial charge < -0.3 is 9.84 Å². The molecule has 0 bridgehead atoms. The van der Waals surface area contributed by atoms with Gasteiger partial charge in [0.1, 0.15) is 0 Å². The van der Waals surface area contributed by atoms with Crippen LogP contribution in [0.3, 0.4) is 0 Å². The first-order chi connectivity index (χ1) is 6.05. The standard InChI is InChI=1S/C8H13BO4/c1-3-5-8(4-2,9-5)13-7(12)6(10)11/h5,9H,3-4H2,1-2H3,(H,10,11). The molecule has 1 aliphatic rings. The van der Waals surface area contributed by atoms with E-state index in [0.29, 0.717) is 12.2 Å². The van der Waals surface area contributed by atoms with Crippen LogP contribution < -0.4 is 0 Å². The van der Waals surface area contributed by atoms with Gasteiger partial charge in [0.15, 0.2) is 7.28 Å². The van der Waals surface area contributed by atoms with E-state index < -0.39 is 17.4 Å². The van der Waals surface area contributed by atoms with E-state index in [0.717, 1.165) is 13.7 Å². The summed E-state index contributed by atoms with van der Waals surface area (Å²) in [5, 5.41) is 8.35. The van der Waals surface area contributed by atoms with Crippen LogP contribution in [0.2, 0.25) is 5.82 Å². The first kappa shape index (κ1) is 10.1. The number of carbonyl (C=O) groups is 2. The van der Waals surface area contributed by atoms with Gasteiger partial charge in [-0.3, -0.25) is 0 Å². The molecule has 0 aromatic carbocycles. The van der Waals surface area contributed by atoms with Crippen molar-refractivity contribution in [2.75, 3.05) is 0 Å². The maximum absolute atomic E-state index is 10.8. The Labute approximate surface area is 77.5 Å². The molecule has 5 heteroatoms. The molecule has 1 fully saturated rings. The maximum Gasteiger partial charge on any atom is 0.417 e. The molecular formula is C8H13BO4. The molecule has 4 nitrogen and oxygen atoms in total. The highest BCUT2D eigenvalue weighted by molar-refractivity contribution is 6.57. The zero-order valence-corrected chi connectivity index (χ0v) is 7.87. The van der Waals surface area contributed by atoms with Crippen LogP contribution in [0.15, 0.2) is 0 Å². The first-order valence-electron chi connectivity index (χ1n) is 4.52. The van der Waals surface area contributed by atoms with Crippen LogP contribution in [-0.4, -0.2) is 29.8 Å². The number of carboxylic acids is 1. The number of hydrogen-bond acceptors (Lipinski definition) is 3. The average molecular weight is 184 g/mol. The molecular weight excluding hydrogens is 171 g/mol. The lowest BCUT2D eigenvalue weighted by Crippen LogP contribution is -2.26. The minimum atomic E-state index is -1.51. The van der Waals surface area contributed by atoms with E-state index in [1.54, 1.807) is 0 Å². The molecule has 13 heavy (non-hydrogen) atoms. The van der Waals surface area contributed by atoms with Crippen LogP contribution in [0, 0.1) is 0 Å². The van der Waals surface area contributed by atoms with Crippen molar-refractivity contribution in [3.05, 3.63) is 0 Å². The van der Waals surface area contributed by atoms with Crippen LogP contribution in [-0.2, 0) is 14.3 Å². The van der Waals surface area contributed by atoms with Crippen LogP contribution in [0.5, 0.6) is 0 Å². The zero-order chi connectivity index (χ0) is 10.1. The molecule has 1 N–H and O–H groups in total. The van der Waals surface area contributed by atoms with E-state index in [9.17, 15) is 9.59 Å². The van der Waals surface area contributed by atoms with Crippen LogP contribution in [0.4, 0.5) is 0 Å². The van der Waals surface area contributed by atoms with E-state index in [1.807, 2.05) is 13.8 Å². The Kier molecular flexibility index (Phi) is 2.64. The zero-order valence-electron chi connectivity index (χ0n) is 7.87. The van der Waals surface area contributed by atoms with Crippen molar-refractivity contribution in [2.24, 2.45) is 0 Å². The van der Waals surface area contributed by atoms with Crippen molar-refractivity contribution in [3.63, 3.8) is 0 Å². The van der Waals surface area contributed by atoms with Crippen LogP contribution in [0.1, 0.15) is 26.7 Å². The average Bonchev–Trinajstić information content (AvgIpc) is 2.79. The minimum absolute atomic E-state index is 0.348. The molecule has 0 saturated carbocycles. The Balaban J connectivity index is 2.52. The summed E-state index contributed by atoms with van der Waals surface area (Å²) in [6.07, 6.45) is 1.63. The molecule has 1 saturated heterocycles. The van der Waals surface area contributed by atoms with Gasteiger partial charge in [-0.05, 0) is 12.2 Å². The second-order valence-electron chi connectivity index (χ2n) is 3.42. The molecule has 2 unspecified atom stereocenters. The van der Waals surface area contributed by atoms with Gasteiger partial charge in [0.05, 0.1) is 5.50 Å². The van der Waals surface area contributed by atoms with Gasteiger partial charge in [0, 0.05) is 0 Å². The lowest BCUT2D eigenvalue weighted by molar-refractivity contribution is -0.168. The summed E-state index contributed by atoms with van der Waals surface area (Å²) in [7, 11) is 0.805. The Morgan fingerprint density at radius 3 is 2.46 bits per heavy atom. The molecule has 0 aromatic heterocycles. The summed E-state index contributed by atoms with van der Waals surface area (Å²) in [5.41, 5.74) is -0.468. The number of ether oxygens (including phenoxy) is 1. The third-order valence-electron chi connectivity index (χ3n) is 2.74. The third-order valence-corrected chi connectivity index (χ3v) is 2.74. The minimum Gasteiger partial charge on any atom is -0.473 e. The van der Waals surface area contributed by atoms with Crippen LogP contribution in [0.25, 0.3) is 0 Å². The van der Waals surface area contributed by atoms with Crippen LogP contribution >= 0.6 is 0 Å². The number of hydrogen-bond donors (Lipinski definition) is 1. The molecule has 1 aliphatic heterocycles. The second-order valence-corrected chi connectivity index (χ2v) is 3.42. The largest absolute Gasteiger partial charge is 0.473 e. The van der Waals surface area contributed by atoms with Gasteiger partial charge in [-0.1, -0.05) is 20.3 Å². The van der Waals surface area contributed by atoms with Gasteiger partial charge in [0.2, 0.25) is 0 Å². The fraction of sp³-hybridized carbons (Fsp3) is 0.750. The van der Waals surface area contributed by atoms with Gasteiger partial charge in [0.25, 0.3) is 0 Å². The van der Waals surface area contributed by atoms with Gasteiger partial charge in [-0.25, -0.2) is 9.59 Å². The van der Waals surface area contributed by atoms with Crippen molar-refractivity contribution < 1.29 is 19.4 Å². The Bertz CT molecular complexity index is 240. The fourth-order valence-electron chi connectivity index (χ4n) is 1.73. The summed E-state index contributed by atoms with van der Waals surface area (Å²) in [4.78, 5) is 21.0. The smallest absolute Gasteiger partial charge is 0.417 e. The van der Waals surface area contributed by atoms with E-state index >= 15 is 0 Å². The SMILES string of the molecule is CCC1BC1(CC)OC(=O)C(=O)O. The third kappa shape index (κ3) is 1.84. The highest BCUT2D eigenvalue weighted by atomic mass is 16.6. The predicted octanol–water partition coefficient (Wildman–Crippen LogP) is 0.369. The van der Waals surface area contributed by atoms with E-state index in [4.69, 9.17) is 9.84 Å². The molecule has 0 aliphatic carbocycles. The Morgan fingerprint density at radius 1 is 1.54 bits per heavy atom. The molecule has 0 amide bonds. The van der Waals surface area contributed by atoms with Gasteiger partial charge in [-0.15, -0.1) is 0 Å². The van der Waals surface area contributed by atoms with Gasteiger partial charge >= 0.3 is 11.9 Å². The van der Waals surface area contributed by atoms with Gasteiger partial charge in [-0.2, -0.15) is 0 Å². The van der Waals surface area contributed by atoms with Crippen molar-refractivity contribution in [2.45, 2.75) is 38.0 Å². The normalized spacial score (nSPS) is 30.5. The lowest BCUT2D eigenvalue weighted by atomic mass is 9.95. The summed E-state index contributed by atoms with van der Waals surface area (Å²) in [6.45, 7) is 3.92. The fourth-order valence-corrected chi connectivity index (χ4v) is 1.73. The van der Waals surface area contributed by atoms with Crippen molar-refractivity contribution in [3.8, 4) is 0 Å². The highest BCUT2D eigenvalue weighted by Gasteiger charge is 2.57. The number of carboxylic acid groups (broad SMARTS) is 1. The summed E-state index contributed by atoms with van der Waals surface area (Å²) >= 11 is 0. The Hall–Kier alpha value is -0.995. The quantitative estimate of drug-likeness (QED) is 0.391. The van der Waals surface area contributed by atoms with E-state index in [-0.39, 0.29) is 0 Å². The molecule has 0 radical (unpaired) electrons. The number of carbonyl (C=O) groups excluding carboxylic acids is 1. The summed E-state index contributed by atoms with van der Waals surface area (Å²) < 4.78 is 4.92. The highest BCUT2D eigenvalue weighted by Crippen LogP contribution is 2.48. The van der Waals surface area contributed by atoms with E-state index in [1.165, 1.54) is 0 Å². The van der Waals surface area contributed by atoms with Crippen molar-refractivity contribution >= 4 is 19.2 Å². The number of aliphatic carboxylic acids is 1. The van der Waals surface area contributed by atoms with Crippen molar-refractivity contribution in [1.82, 2.24) is 0 Å². The first-order valence-corrected chi connectivity index (χ1v) is 4.52. The second kappa shape index (κ2) is 3.40. The number of rotatable bonds is 3. The maximum atomic E-state index is 10.8. The summed E-state index contributed by atoms with van der Waals surface area (Å²) in [6, 6.07) is 0. The molecule has 2 atom stereocenters. The van der Waals surface area contributed by atoms with Crippen molar-refractivity contribution in [1.29, 1.82) is 0 Å². The predicted molar refractivity (Wildman–Crippen MR) is 47.9 cm³/mol. The monoisotopic (exact) mass is 184 g/mol. The Morgan fingerprint density at radius 2 is 2.15 bits per heavy atom. The topological polar surface area (TPSA) is 63.6 Å². The molecule has 0 aromatic rings. The summed E-state index contributed by atoms with van der Waals surface area (Å²) in [5.74, 6) is -2.28.